The lowest BCUT2D eigenvalue weighted by molar-refractivity contribution is 0.0949. The Labute approximate surface area is 80.8 Å². The molecule has 0 bridgehead atoms. The molecule has 2 aromatic rings. The Morgan fingerprint density at radius 1 is 1.29 bits per heavy atom. The summed E-state index contributed by atoms with van der Waals surface area (Å²) in [7, 11) is 0. The molecule has 3 nitrogen and oxygen atoms in total. The van der Waals surface area contributed by atoms with Crippen LogP contribution in [-0.2, 0) is 6.54 Å². The summed E-state index contributed by atoms with van der Waals surface area (Å²) in [5, 5.41) is 3.83. The average molecular weight is 184 g/mol. The normalized spacial score (nSPS) is 14.1. The second-order valence-electron chi connectivity index (χ2n) is 3.35. The predicted molar refractivity (Wildman–Crippen MR) is 52.9 cm³/mol. The number of rotatable bonds is 0. The van der Waals surface area contributed by atoms with Gasteiger partial charge in [0.05, 0.1) is 5.52 Å². The number of nitrogens with zero attached hydrogens (tertiary/aromatic N) is 1. The SMILES string of the molecule is O=C1NCc2ccnc3cccc1c23. The summed E-state index contributed by atoms with van der Waals surface area (Å²) in [4.78, 5) is 15.8. The van der Waals surface area contributed by atoms with Crippen LogP contribution in [0, 0.1) is 0 Å². The predicted octanol–water partition coefficient (Wildman–Crippen LogP) is 1.48. The fraction of sp³-hybridized carbons (Fsp3) is 0.0909. The summed E-state index contributed by atoms with van der Waals surface area (Å²) < 4.78 is 0. The van der Waals surface area contributed by atoms with Gasteiger partial charge in [0, 0.05) is 23.7 Å². The van der Waals surface area contributed by atoms with Gasteiger partial charge >= 0.3 is 0 Å². The summed E-state index contributed by atoms with van der Waals surface area (Å²) in [5.74, 6) is -0.00361. The molecule has 1 aromatic heterocycles. The molecule has 2 heterocycles. The third-order valence-electron chi connectivity index (χ3n) is 2.54. The van der Waals surface area contributed by atoms with E-state index in [2.05, 4.69) is 10.3 Å². The molecule has 0 saturated carbocycles. The van der Waals surface area contributed by atoms with Gasteiger partial charge < -0.3 is 5.32 Å². The van der Waals surface area contributed by atoms with E-state index in [0.717, 1.165) is 22.0 Å². The zero-order chi connectivity index (χ0) is 9.54. The van der Waals surface area contributed by atoms with Gasteiger partial charge in [-0.1, -0.05) is 6.07 Å². The minimum Gasteiger partial charge on any atom is -0.348 e. The molecular weight excluding hydrogens is 176 g/mol. The lowest BCUT2D eigenvalue weighted by atomic mass is 9.99. The van der Waals surface area contributed by atoms with Crippen LogP contribution in [0.5, 0.6) is 0 Å². The summed E-state index contributed by atoms with van der Waals surface area (Å²) in [6, 6.07) is 7.58. The minimum atomic E-state index is -0.00361. The fourth-order valence-electron chi connectivity index (χ4n) is 1.88. The molecule has 1 aromatic carbocycles. The lowest BCUT2D eigenvalue weighted by Crippen LogP contribution is -2.27. The molecule has 1 aliphatic heterocycles. The highest BCUT2D eigenvalue weighted by molar-refractivity contribution is 6.09. The van der Waals surface area contributed by atoms with Crippen LogP contribution in [0.15, 0.2) is 30.5 Å². The number of carbonyl (C=O) groups excluding carboxylic acids is 1. The number of hydrogen-bond acceptors (Lipinski definition) is 2. The third kappa shape index (κ3) is 0.865. The van der Waals surface area contributed by atoms with Gasteiger partial charge in [-0.25, -0.2) is 0 Å². The molecule has 0 saturated heterocycles. The van der Waals surface area contributed by atoms with Crippen molar-refractivity contribution in [3.63, 3.8) is 0 Å². The molecule has 0 fully saturated rings. The first-order chi connectivity index (χ1) is 6.86. The number of nitrogens with one attached hydrogen (secondary N) is 1. The second-order valence-corrected chi connectivity index (χ2v) is 3.35. The van der Waals surface area contributed by atoms with Gasteiger partial charge in [-0.15, -0.1) is 0 Å². The van der Waals surface area contributed by atoms with Gasteiger partial charge in [0.15, 0.2) is 0 Å². The Balaban J connectivity index is 2.52. The molecule has 14 heavy (non-hydrogen) atoms. The number of carbonyl (C=O) groups is 1. The summed E-state index contributed by atoms with van der Waals surface area (Å²) in [6.07, 6.45) is 1.78. The van der Waals surface area contributed by atoms with Gasteiger partial charge in [-0.05, 0) is 23.8 Å². The Bertz CT molecular complexity index is 529. The molecule has 0 atom stereocenters. The number of pyridine rings is 1. The highest BCUT2D eigenvalue weighted by Gasteiger charge is 2.17. The van der Waals surface area contributed by atoms with E-state index in [1.807, 2.05) is 24.3 Å². The molecule has 0 radical (unpaired) electrons. The number of benzene rings is 1. The number of aromatic nitrogens is 1. The maximum atomic E-state index is 11.5. The maximum Gasteiger partial charge on any atom is 0.252 e. The largest absolute Gasteiger partial charge is 0.348 e. The topological polar surface area (TPSA) is 42.0 Å². The third-order valence-corrected chi connectivity index (χ3v) is 2.54. The fourth-order valence-corrected chi connectivity index (χ4v) is 1.88. The zero-order valence-electron chi connectivity index (χ0n) is 7.45. The van der Waals surface area contributed by atoms with E-state index >= 15 is 0 Å². The molecule has 3 rings (SSSR count). The molecule has 68 valence electrons. The van der Waals surface area contributed by atoms with Crippen LogP contribution in [-0.4, -0.2) is 10.9 Å². The smallest absolute Gasteiger partial charge is 0.252 e. The Morgan fingerprint density at radius 2 is 2.21 bits per heavy atom. The van der Waals surface area contributed by atoms with Crippen LogP contribution in [0.3, 0.4) is 0 Å². The Hall–Kier alpha value is -1.90. The molecule has 3 heteroatoms. The van der Waals surface area contributed by atoms with Crippen molar-refractivity contribution in [3.05, 3.63) is 41.6 Å². The number of amides is 1. The van der Waals surface area contributed by atoms with Gasteiger partial charge in [-0.3, -0.25) is 9.78 Å². The van der Waals surface area contributed by atoms with Gasteiger partial charge in [0.2, 0.25) is 0 Å². The second kappa shape index (κ2) is 2.54. The maximum absolute atomic E-state index is 11.5. The number of hydrogen-bond donors (Lipinski definition) is 1. The first-order valence-electron chi connectivity index (χ1n) is 4.51. The van der Waals surface area contributed by atoms with Crippen molar-refractivity contribution < 1.29 is 4.79 Å². The highest BCUT2D eigenvalue weighted by atomic mass is 16.1. The van der Waals surface area contributed by atoms with Crippen molar-refractivity contribution in [2.45, 2.75) is 6.54 Å². The standard InChI is InChI=1S/C11H8N2O/c14-11-8-2-1-3-9-10(8)7(6-13-11)4-5-12-9/h1-5H,6H2,(H,13,14). The van der Waals surface area contributed by atoms with Crippen molar-refractivity contribution in [1.29, 1.82) is 0 Å². The average Bonchev–Trinajstić information content (AvgIpc) is 2.24. The van der Waals surface area contributed by atoms with Gasteiger partial charge in [-0.2, -0.15) is 0 Å². The summed E-state index contributed by atoms with van der Waals surface area (Å²) >= 11 is 0. The molecule has 0 unspecified atom stereocenters. The van der Waals surface area contributed by atoms with Crippen molar-refractivity contribution >= 4 is 16.8 Å². The van der Waals surface area contributed by atoms with Crippen LogP contribution in [0.4, 0.5) is 0 Å². The Morgan fingerprint density at radius 3 is 3.14 bits per heavy atom. The van der Waals surface area contributed by atoms with Crippen molar-refractivity contribution in [1.82, 2.24) is 10.3 Å². The molecule has 0 spiro atoms. The quantitative estimate of drug-likeness (QED) is 0.673. The lowest BCUT2D eigenvalue weighted by Gasteiger charge is -2.16. The van der Waals surface area contributed by atoms with Crippen molar-refractivity contribution in [2.24, 2.45) is 0 Å². The van der Waals surface area contributed by atoms with E-state index < -0.39 is 0 Å². The highest BCUT2D eigenvalue weighted by Crippen LogP contribution is 2.24. The van der Waals surface area contributed by atoms with E-state index in [1.165, 1.54) is 0 Å². The van der Waals surface area contributed by atoms with Crippen molar-refractivity contribution in [3.8, 4) is 0 Å². The Kier molecular flexibility index (Phi) is 1.36. The molecule has 0 aliphatic carbocycles. The van der Waals surface area contributed by atoms with E-state index in [-0.39, 0.29) is 5.91 Å². The molecule has 1 aliphatic rings. The van der Waals surface area contributed by atoms with E-state index in [1.54, 1.807) is 6.20 Å². The van der Waals surface area contributed by atoms with Crippen LogP contribution < -0.4 is 5.32 Å². The van der Waals surface area contributed by atoms with E-state index in [0.29, 0.717) is 6.54 Å². The van der Waals surface area contributed by atoms with Crippen molar-refractivity contribution in [2.75, 3.05) is 0 Å². The van der Waals surface area contributed by atoms with E-state index in [4.69, 9.17) is 0 Å². The van der Waals surface area contributed by atoms with Gasteiger partial charge in [0.1, 0.15) is 0 Å². The van der Waals surface area contributed by atoms with Crippen LogP contribution in [0.25, 0.3) is 10.9 Å². The first kappa shape index (κ1) is 7.50. The molecule has 1 amide bonds. The zero-order valence-corrected chi connectivity index (χ0v) is 7.45. The van der Waals surface area contributed by atoms with Gasteiger partial charge in [0.25, 0.3) is 5.91 Å². The van der Waals surface area contributed by atoms with Crippen LogP contribution in [0.1, 0.15) is 15.9 Å². The molecular formula is C11H8N2O. The van der Waals surface area contributed by atoms with E-state index in [9.17, 15) is 4.79 Å². The molecule has 1 N–H and O–H groups in total. The summed E-state index contributed by atoms with van der Waals surface area (Å²) in [5.41, 5.74) is 2.77. The summed E-state index contributed by atoms with van der Waals surface area (Å²) in [6.45, 7) is 0.606. The first-order valence-corrected chi connectivity index (χ1v) is 4.51. The van der Waals surface area contributed by atoms with Crippen LogP contribution in [0.2, 0.25) is 0 Å². The minimum absolute atomic E-state index is 0.00361. The van der Waals surface area contributed by atoms with Crippen LogP contribution >= 0.6 is 0 Å². The monoisotopic (exact) mass is 184 g/mol.